The minimum absolute atomic E-state index is 0.146. The normalized spacial score (nSPS) is 10.5. The van der Waals surface area contributed by atoms with Gasteiger partial charge in [0.25, 0.3) is 5.56 Å². The van der Waals surface area contributed by atoms with Gasteiger partial charge >= 0.3 is 0 Å². The number of hydrogen-bond acceptors (Lipinski definition) is 3. The maximum absolute atomic E-state index is 13.6. The fraction of sp³-hybridized carbons (Fsp3) is 0.267. The number of aromatic nitrogens is 2. The summed E-state index contributed by atoms with van der Waals surface area (Å²) in [6.07, 6.45) is 2.75. The maximum atomic E-state index is 13.6. The van der Waals surface area contributed by atoms with Crippen molar-refractivity contribution in [2.45, 2.75) is 19.9 Å². The smallest absolute Gasteiger partial charge is 0.256 e. The van der Waals surface area contributed by atoms with Gasteiger partial charge in [0.2, 0.25) is 5.91 Å². The second-order valence-corrected chi connectivity index (χ2v) is 5.21. The standard InChI is InChI=1S/C15H15ClFN3O2/c1-10-8-18-9-20(15(10)22)6-5-19-14(21)7-11-12(16)3-2-4-13(11)17/h2-4,8-9H,5-7H2,1H3,(H,19,21). The van der Waals surface area contributed by atoms with Gasteiger partial charge in [0.15, 0.2) is 0 Å². The van der Waals surface area contributed by atoms with Crippen molar-refractivity contribution < 1.29 is 9.18 Å². The minimum Gasteiger partial charge on any atom is -0.354 e. The van der Waals surface area contributed by atoms with Gasteiger partial charge in [0.05, 0.1) is 12.7 Å². The Labute approximate surface area is 131 Å². The fourth-order valence-corrected chi connectivity index (χ4v) is 2.19. The van der Waals surface area contributed by atoms with E-state index in [4.69, 9.17) is 11.6 Å². The van der Waals surface area contributed by atoms with Crippen molar-refractivity contribution >= 4 is 17.5 Å². The monoisotopic (exact) mass is 323 g/mol. The molecular formula is C15H15ClFN3O2. The van der Waals surface area contributed by atoms with Gasteiger partial charge in [-0.1, -0.05) is 17.7 Å². The molecule has 0 atom stereocenters. The van der Waals surface area contributed by atoms with Crippen molar-refractivity contribution in [1.82, 2.24) is 14.9 Å². The van der Waals surface area contributed by atoms with E-state index >= 15 is 0 Å². The van der Waals surface area contributed by atoms with Crippen LogP contribution in [0, 0.1) is 12.7 Å². The zero-order chi connectivity index (χ0) is 16.1. The average Bonchev–Trinajstić information content (AvgIpc) is 2.47. The Kier molecular flexibility index (Phi) is 5.27. The lowest BCUT2D eigenvalue weighted by Crippen LogP contribution is -2.32. The summed E-state index contributed by atoms with van der Waals surface area (Å²) in [6, 6.07) is 4.27. The Hall–Kier alpha value is -2.21. The summed E-state index contributed by atoms with van der Waals surface area (Å²) in [7, 11) is 0. The van der Waals surface area contributed by atoms with Gasteiger partial charge < -0.3 is 5.32 Å². The highest BCUT2D eigenvalue weighted by Gasteiger charge is 2.11. The number of amides is 1. The van der Waals surface area contributed by atoms with E-state index < -0.39 is 5.82 Å². The summed E-state index contributed by atoms with van der Waals surface area (Å²) in [6.45, 7) is 2.21. The van der Waals surface area contributed by atoms with Crippen LogP contribution in [-0.4, -0.2) is 22.0 Å². The number of halogens is 2. The van der Waals surface area contributed by atoms with E-state index in [1.54, 1.807) is 6.92 Å². The zero-order valence-electron chi connectivity index (χ0n) is 12.0. The molecule has 5 nitrogen and oxygen atoms in total. The van der Waals surface area contributed by atoms with Crippen molar-refractivity contribution in [3.8, 4) is 0 Å². The van der Waals surface area contributed by atoms with Crippen LogP contribution >= 0.6 is 11.6 Å². The highest BCUT2D eigenvalue weighted by Crippen LogP contribution is 2.19. The minimum atomic E-state index is -0.512. The maximum Gasteiger partial charge on any atom is 0.256 e. The molecule has 0 unspecified atom stereocenters. The van der Waals surface area contributed by atoms with Crippen LogP contribution in [0.3, 0.4) is 0 Å². The van der Waals surface area contributed by atoms with Gasteiger partial charge in [-0.05, 0) is 19.1 Å². The molecule has 0 saturated heterocycles. The molecule has 0 bridgehead atoms. The number of rotatable bonds is 5. The third kappa shape index (κ3) is 3.92. The van der Waals surface area contributed by atoms with E-state index in [-0.39, 0.29) is 35.0 Å². The number of carbonyl (C=O) groups excluding carboxylic acids is 1. The summed E-state index contributed by atoms with van der Waals surface area (Å²) in [5.41, 5.74) is 0.546. The third-order valence-electron chi connectivity index (χ3n) is 3.15. The van der Waals surface area contributed by atoms with E-state index in [1.807, 2.05) is 0 Å². The number of nitrogens with zero attached hydrogens (tertiary/aromatic N) is 2. The first-order chi connectivity index (χ1) is 10.5. The summed E-state index contributed by atoms with van der Waals surface area (Å²) < 4.78 is 15.0. The van der Waals surface area contributed by atoms with Crippen molar-refractivity contribution in [3.63, 3.8) is 0 Å². The van der Waals surface area contributed by atoms with Gasteiger partial charge in [-0.15, -0.1) is 0 Å². The van der Waals surface area contributed by atoms with Gasteiger partial charge in [-0.2, -0.15) is 0 Å². The predicted octanol–water partition coefficient (Wildman–Crippen LogP) is 1.70. The molecule has 0 spiro atoms. The molecule has 0 aliphatic carbocycles. The van der Waals surface area contributed by atoms with Crippen LogP contribution < -0.4 is 10.9 Å². The Morgan fingerprint density at radius 2 is 2.23 bits per heavy atom. The second-order valence-electron chi connectivity index (χ2n) is 4.80. The molecule has 0 radical (unpaired) electrons. The van der Waals surface area contributed by atoms with Crippen molar-refractivity contribution in [3.05, 3.63) is 63.0 Å². The number of carbonyl (C=O) groups is 1. The van der Waals surface area contributed by atoms with Gasteiger partial charge in [0, 0.05) is 35.4 Å². The molecule has 2 rings (SSSR count). The third-order valence-corrected chi connectivity index (χ3v) is 3.50. The van der Waals surface area contributed by atoms with Crippen LogP contribution in [0.2, 0.25) is 5.02 Å². The molecule has 0 aliphatic rings. The molecule has 1 amide bonds. The lowest BCUT2D eigenvalue weighted by molar-refractivity contribution is -0.120. The Morgan fingerprint density at radius 3 is 2.95 bits per heavy atom. The second kappa shape index (κ2) is 7.17. The topological polar surface area (TPSA) is 64.0 Å². The van der Waals surface area contributed by atoms with E-state index in [2.05, 4.69) is 10.3 Å². The van der Waals surface area contributed by atoms with Gasteiger partial charge in [0.1, 0.15) is 5.82 Å². The van der Waals surface area contributed by atoms with Crippen LogP contribution in [0.4, 0.5) is 4.39 Å². The van der Waals surface area contributed by atoms with Crippen LogP contribution in [0.25, 0.3) is 0 Å². The Bertz CT molecular complexity index is 726. The highest BCUT2D eigenvalue weighted by molar-refractivity contribution is 6.31. The number of aryl methyl sites for hydroxylation is 1. The van der Waals surface area contributed by atoms with Crippen LogP contribution in [0.1, 0.15) is 11.1 Å². The number of nitrogens with one attached hydrogen (secondary N) is 1. The molecule has 0 aliphatic heterocycles. The van der Waals surface area contributed by atoms with Crippen molar-refractivity contribution in [2.24, 2.45) is 0 Å². The van der Waals surface area contributed by atoms with Crippen molar-refractivity contribution in [2.75, 3.05) is 6.54 Å². The molecule has 22 heavy (non-hydrogen) atoms. The highest BCUT2D eigenvalue weighted by atomic mass is 35.5. The molecule has 1 aromatic heterocycles. The Morgan fingerprint density at radius 1 is 1.45 bits per heavy atom. The molecule has 7 heteroatoms. The first-order valence-electron chi connectivity index (χ1n) is 6.69. The molecule has 1 N–H and O–H groups in total. The van der Waals surface area contributed by atoms with E-state index in [0.717, 1.165) is 0 Å². The molecule has 1 heterocycles. The van der Waals surface area contributed by atoms with Crippen molar-refractivity contribution in [1.29, 1.82) is 0 Å². The zero-order valence-corrected chi connectivity index (χ0v) is 12.7. The summed E-state index contributed by atoms with van der Waals surface area (Å²) in [4.78, 5) is 27.5. The van der Waals surface area contributed by atoms with Gasteiger partial charge in [-0.25, -0.2) is 9.37 Å². The largest absolute Gasteiger partial charge is 0.354 e. The molecule has 116 valence electrons. The number of benzene rings is 1. The van der Waals surface area contributed by atoms with E-state index in [9.17, 15) is 14.0 Å². The van der Waals surface area contributed by atoms with Crippen LogP contribution in [0.5, 0.6) is 0 Å². The summed E-state index contributed by atoms with van der Waals surface area (Å²) >= 11 is 5.87. The molecular weight excluding hydrogens is 309 g/mol. The summed E-state index contributed by atoms with van der Waals surface area (Å²) in [5.74, 6) is -0.873. The van der Waals surface area contributed by atoms with Crippen LogP contribution in [-0.2, 0) is 17.8 Å². The first kappa shape index (κ1) is 16.2. The molecule has 0 saturated carbocycles. The molecule has 1 aromatic carbocycles. The first-order valence-corrected chi connectivity index (χ1v) is 7.07. The van der Waals surface area contributed by atoms with E-state index in [0.29, 0.717) is 12.1 Å². The molecule has 0 fully saturated rings. The average molecular weight is 324 g/mol. The van der Waals surface area contributed by atoms with Gasteiger partial charge in [-0.3, -0.25) is 14.2 Å². The lowest BCUT2D eigenvalue weighted by atomic mass is 10.1. The van der Waals surface area contributed by atoms with Crippen LogP contribution in [0.15, 0.2) is 35.5 Å². The summed E-state index contributed by atoms with van der Waals surface area (Å²) in [5, 5.41) is 2.85. The fourth-order valence-electron chi connectivity index (χ4n) is 1.96. The molecule has 2 aromatic rings. The van der Waals surface area contributed by atoms with E-state index in [1.165, 1.54) is 35.3 Å². The Balaban J connectivity index is 1.91. The number of hydrogen-bond donors (Lipinski definition) is 1. The quantitative estimate of drug-likeness (QED) is 0.911. The SMILES string of the molecule is Cc1cncn(CCNC(=O)Cc2c(F)cccc2Cl)c1=O. The predicted molar refractivity (Wildman–Crippen MR) is 81.4 cm³/mol. The lowest BCUT2D eigenvalue weighted by Gasteiger charge is -2.09.